The molecule has 5 nitrogen and oxygen atoms in total. The van der Waals surface area contributed by atoms with Crippen molar-refractivity contribution in [3.8, 4) is 0 Å². The number of hydrogen-bond donors (Lipinski definition) is 4. The van der Waals surface area contributed by atoms with Crippen LogP contribution in [0.5, 0.6) is 0 Å². The average Bonchev–Trinajstić information content (AvgIpc) is 3.13. The number of aliphatic carboxylic acids is 1. The number of hydrogen-bond acceptors (Lipinski definition) is 4. The van der Waals surface area contributed by atoms with Crippen LogP contribution in [-0.4, -0.2) is 44.7 Å². The second kappa shape index (κ2) is 7.57. The fourth-order valence-electron chi connectivity index (χ4n) is 11.8. The van der Waals surface area contributed by atoms with Gasteiger partial charge in [0.05, 0.1) is 23.7 Å². The lowest BCUT2D eigenvalue weighted by molar-refractivity contribution is -0.289. The van der Waals surface area contributed by atoms with E-state index in [-0.39, 0.29) is 39.9 Å². The van der Waals surface area contributed by atoms with E-state index < -0.39 is 35.1 Å². The first-order chi connectivity index (χ1) is 16.1. The maximum atomic E-state index is 12.8. The number of fused-ring (bicyclic) bond motifs is 7. The molecule has 0 spiro atoms. The van der Waals surface area contributed by atoms with Crippen molar-refractivity contribution in [2.24, 2.45) is 56.7 Å². The Hall–Kier alpha value is -0.910. The molecule has 4 N–H and O–H groups in total. The Labute approximate surface area is 211 Å². The van der Waals surface area contributed by atoms with Crippen LogP contribution in [0.2, 0.25) is 0 Å². The molecule has 198 valence electrons. The lowest BCUT2D eigenvalue weighted by Gasteiger charge is -2.73. The highest BCUT2D eigenvalue weighted by Crippen LogP contribution is 2.77. The van der Waals surface area contributed by atoms with Gasteiger partial charge in [0.25, 0.3) is 0 Å². The van der Waals surface area contributed by atoms with Gasteiger partial charge in [-0.1, -0.05) is 46.8 Å². The third-order valence-corrected chi connectivity index (χ3v) is 13.3. The van der Waals surface area contributed by atoms with E-state index in [4.69, 9.17) is 0 Å². The fourth-order valence-corrected chi connectivity index (χ4v) is 11.8. The van der Waals surface area contributed by atoms with Crippen LogP contribution in [0.1, 0.15) is 92.9 Å². The average molecular weight is 489 g/mol. The van der Waals surface area contributed by atoms with Gasteiger partial charge in [0.1, 0.15) is 0 Å². The number of carbonyl (C=O) groups is 1. The topological polar surface area (TPSA) is 98.0 Å². The highest BCUT2D eigenvalue weighted by atomic mass is 16.4. The number of aliphatic hydroxyl groups is 3. The predicted octanol–water partition coefficient (Wildman–Crippen LogP) is 5.03. The minimum absolute atomic E-state index is 0.0806. The summed E-state index contributed by atoms with van der Waals surface area (Å²) >= 11 is 0. The van der Waals surface area contributed by atoms with Crippen molar-refractivity contribution < 1.29 is 25.2 Å². The molecule has 5 heteroatoms. The Balaban J connectivity index is 1.61. The molecule has 0 amide bonds. The summed E-state index contributed by atoms with van der Waals surface area (Å²) in [6, 6.07) is 0. The Morgan fingerprint density at radius 1 is 0.857 bits per heavy atom. The number of aliphatic hydroxyl groups excluding tert-OH is 3. The van der Waals surface area contributed by atoms with E-state index >= 15 is 0 Å². The molecular formula is C30H48O5. The molecule has 12 atom stereocenters. The summed E-state index contributed by atoms with van der Waals surface area (Å²) in [5, 5.41) is 44.2. The Bertz CT molecular complexity index is 928. The monoisotopic (exact) mass is 488 g/mol. The van der Waals surface area contributed by atoms with Gasteiger partial charge in [-0.2, -0.15) is 0 Å². The molecule has 0 aromatic rings. The van der Waals surface area contributed by atoms with E-state index in [0.29, 0.717) is 25.2 Å². The Morgan fingerprint density at radius 3 is 2.11 bits per heavy atom. The molecule has 35 heavy (non-hydrogen) atoms. The summed E-state index contributed by atoms with van der Waals surface area (Å²) in [6.45, 7) is 17.4. The molecule has 0 aliphatic heterocycles. The summed E-state index contributed by atoms with van der Waals surface area (Å²) in [5.41, 5.74) is -0.635. The van der Waals surface area contributed by atoms with Crippen LogP contribution in [0.25, 0.3) is 0 Å². The zero-order valence-electron chi connectivity index (χ0n) is 22.7. The van der Waals surface area contributed by atoms with Gasteiger partial charge in [0.2, 0.25) is 0 Å². The molecule has 0 radical (unpaired) electrons. The van der Waals surface area contributed by atoms with E-state index in [1.54, 1.807) is 0 Å². The molecule has 0 aromatic heterocycles. The fraction of sp³-hybridized carbons (Fsp3) is 0.900. The van der Waals surface area contributed by atoms with Gasteiger partial charge < -0.3 is 20.4 Å². The van der Waals surface area contributed by atoms with Crippen LogP contribution in [0.4, 0.5) is 0 Å². The van der Waals surface area contributed by atoms with Gasteiger partial charge in [0.15, 0.2) is 0 Å². The van der Waals surface area contributed by atoms with Crippen LogP contribution >= 0.6 is 0 Å². The van der Waals surface area contributed by atoms with Gasteiger partial charge in [-0.3, -0.25) is 4.79 Å². The molecule has 5 aliphatic rings. The molecule has 0 bridgehead atoms. The molecule has 5 saturated carbocycles. The maximum Gasteiger partial charge on any atom is 0.309 e. The van der Waals surface area contributed by atoms with Crippen molar-refractivity contribution in [1.29, 1.82) is 0 Å². The zero-order chi connectivity index (χ0) is 25.9. The number of rotatable bonds is 2. The van der Waals surface area contributed by atoms with Crippen LogP contribution in [0.3, 0.4) is 0 Å². The molecule has 0 aromatic carbocycles. The first-order valence-corrected chi connectivity index (χ1v) is 14.0. The Morgan fingerprint density at radius 2 is 1.51 bits per heavy atom. The first-order valence-electron chi connectivity index (χ1n) is 14.0. The van der Waals surface area contributed by atoms with Gasteiger partial charge in [0, 0.05) is 0 Å². The van der Waals surface area contributed by atoms with Crippen LogP contribution in [0.15, 0.2) is 12.2 Å². The zero-order valence-corrected chi connectivity index (χ0v) is 22.7. The lowest BCUT2D eigenvalue weighted by Crippen LogP contribution is -2.71. The third kappa shape index (κ3) is 2.95. The van der Waals surface area contributed by atoms with Crippen LogP contribution in [0, 0.1) is 56.7 Å². The molecule has 4 unspecified atom stereocenters. The standard InChI is InChI=1S/C30H48O5/c1-16(2)17-10-11-30(25(34)35)13-12-28(6)18(22(17)30)8-9-21-27(5)14-20(32)24(33)26(3,4)23(27)19(31)15-29(21,28)7/h17-24,31-33H,1,8-15H2,2-7H3,(H,34,35)/t17-,18?,19-,20+,21?,22?,23?,24-,27+,28+,29+,30-/m0/s1. The smallest absolute Gasteiger partial charge is 0.309 e. The molecular weight excluding hydrogens is 440 g/mol. The Kier molecular flexibility index (Phi) is 5.56. The second-order valence-corrected chi connectivity index (χ2v) is 14.8. The normalized spacial score (nSPS) is 56.8. The molecule has 0 saturated heterocycles. The number of carboxylic acid groups (broad SMARTS) is 1. The van der Waals surface area contributed by atoms with E-state index in [1.807, 2.05) is 13.8 Å². The van der Waals surface area contributed by atoms with Crippen molar-refractivity contribution in [2.75, 3.05) is 0 Å². The summed E-state index contributed by atoms with van der Waals surface area (Å²) in [6.07, 6.45) is 4.24. The maximum absolute atomic E-state index is 12.8. The highest BCUT2D eigenvalue weighted by Gasteiger charge is 2.74. The molecule has 5 aliphatic carbocycles. The number of carboxylic acids is 1. The van der Waals surface area contributed by atoms with Crippen molar-refractivity contribution in [3.63, 3.8) is 0 Å². The largest absolute Gasteiger partial charge is 0.481 e. The van der Waals surface area contributed by atoms with Gasteiger partial charge >= 0.3 is 5.97 Å². The molecule has 0 heterocycles. The van der Waals surface area contributed by atoms with Crippen LogP contribution < -0.4 is 0 Å². The minimum Gasteiger partial charge on any atom is -0.481 e. The molecule has 5 fully saturated rings. The second-order valence-electron chi connectivity index (χ2n) is 14.8. The van der Waals surface area contributed by atoms with Gasteiger partial charge in [-0.15, -0.1) is 0 Å². The van der Waals surface area contributed by atoms with Gasteiger partial charge in [-0.25, -0.2) is 0 Å². The number of allylic oxidation sites excluding steroid dienone is 1. The summed E-state index contributed by atoms with van der Waals surface area (Å²) in [5.74, 6) is 0.251. The predicted molar refractivity (Wildman–Crippen MR) is 135 cm³/mol. The quantitative estimate of drug-likeness (QED) is 0.409. The van der Waals surface area contributed by atoms with Crippen molar-refractivity contribution >= 4 is 5.97 Å². The van der Waals surface area contributed by atoms with E-state index in [2.05, 4.69) is 34.3 Å². The first kappa shape index (κ1) is 25.7. The van der Waals surface area contributed by atoms with Crippen LogP contribution in [-0.2, 0) is 4.79 Å². The SMILES string of the molecule is C=C(C)[C@@H]1CC[C@]2(C(=O)O)CC[C@]3(C)C(CCC4[C@@]5(C)C[C@@H](O)[C@H](O)C(C)(C)C5[C@@H](O)C[C@]43C)C12. The van der Waals surface area contributed by atoms with E-state index in [1.165, 1.54) is 0 Å². The molecule has 5 rings (SSSR count). The van der Waals surface area contributed by atoms with Crippen molar-refractivity contribution in [1.82, 2.24) is 0 Å². The summed E-state index contributed by atoms with van der Waals surface area (Å²) < 4.78 is 0. The van der Waals surface area contributed by atoms with E-state index in [0.717, 1.165) is 37.7 Å². The third-order valence-electron chi connectivity index (χ3n) is 13.3. The lowest BCUT2D eigenvalue weighted by atomic mass is 9.31. The van der Waals surface area contributed by atoms with E-state index in [9.17, 15) is 25.2 Å². The van der Waals surface area contributed by atoms with Crippen molar-refractivity contribution in [3.05, 3.63) is 12.2 Å². The summed E-state index contributed by atoms with van der Waals surface area (Å²) in [4.78, 5) is 12.8. The summed E-state index contributed by atoms with van der Waals surface area (Å²) in [7, 11) is 0. The minimum atomic E-state index is -0.841. The van der Waals surface area contributed by atoms with Crippen molar-refractivity contribution in [2.45, 2.75) is 111 Å². The van der Waals surface area contributed by atoms with Gasteiger partial charge in [-0.05, 0) is 110 Å². The highest BCUT2D eigenvalue weighted by molar-refractivity contribution is 5.76.